The molecule has 98 valence electrons. The molecule has 6 heteroatoms. The van der Waals surface area contributed by atoms with Gasteiger partial charge in [-0.1, -0.05) is 0 Å². The van der Waals surface area contributed by atoms with E-state index >= 15 is 0 Å². The van der Waals surface area contributed by atoms with E-state index in [1.807, 2.05) is 7.05 Å². The number of nitrogens with zero attached hydrogens (tertiary/aromatic N) is 2. The first-order valence-corrected chi connectivity index (χ1v) is 6.00. The predicted octanol–water partition coefficient (Wildman–Crippen LogP) is -0.103. The van der Waals surface area contributed by atoms with Gasteiger partial charge in [-0.3, -0.25) is 4.79 Å². The maximum atomic E-state index is 11.8. The van der Waals surface area contributed by atoms with E-state index in [1.54, 1.807) is 11.8 Å². The summed E-state index contributed by atoms with van der Waals surface area (Å²) < 4.78 is 4.74. The second-order valence-corrected chi connectivity index (χ2v) is 4.11. The zero-order valence-corrected chi connectivity index (χ0v) is 10.6. The van der Waals surface area contributed by atoms with Gasteiger partial charge >= 0.3 is 12.0 Å². The van der Waals surface area contributed by atoms with Gasteiger partial charge in [0.1, 0.15) is 6.54 Å². The van der Waals surface area contributed by atoms with Crippen molar-refractivity contribution in [1.82, 2.24) is 15.1 Å². The van der Waals surface area contributed by atoms with E-state index in [2.05, 4.69) is 10.2 Å². The second kappa shape index (κ2) is 7.11. The predicted molar refractivity (Wildman–Crippen MR) is 63.7 cm³/mol. The Kier molecular flexibility index (Phi) is 5.76. The standard InChI is InChI=1S/C11H21N3O3/c1-3-17-10(15)9-12-11(16)14-6-4-5-13(2)7-8-14/h3-9H2,1-2H3,(H,12,16). The van der Waals surface area contributed by atoms with Crippen molar-refractivity contribution in [3.05, 3.63) is 0 Å². The molecule has 1 N–H and O–H groups in total. The van der Waals surface area contributed by atoms with Crippen molar-refractivity contribution in [3.8, 4) is 0 Å². The van der Waals surface area contributed by atoms with Gasteiger partial charge in [-0.15, -0.1) is 0 Å². The number of hydrogen-bond donors (Lipinski definition) is 1. The van der Waals surface area contributed by atoms with Crippen molar-refractivity contribution in [2.45, 2.75) is 13.3 Å². The average molecular weight is 243 g/mol. The average Bonchev–Trinajstić information content (AvgIpc) is 2.51. The highest BCUT2D eigenvalue weighted by Gasteiger charge is 2.17. The van der Waals surface area contributed by atoms with Gasteiger partial charge in [0.2, 0.25) is 0 Å². The molecule has 0 atom stereocenters. The van der Waals surface area contributed by atoms with Crippen molar-refractivity contribution in [3.63, 3.8) is 0 Å². The van der Waals surface area contributed by atoms with E-state index in [-0.39, 0.29) is 12.6 Å². The molecule has 0 aromatic carbocycles. The second-order valence-electron chi connectivity index (χ2n) is 4.11. The lowest BCUT2D eigenvalue weighted by Gasteiger charge is -2.20. The maximum absolute atomic E-state index is 11.8. The topological polar surface area (TPSA) is 61.9 Å². The number of carbonyl (C=O) groups excluding carboxylic acids is 2. The molecule has 0 radical (unpaired) electrons. The van der Waals surface area contributed by atoms with Crippen LogP contribution in [0.15, 0.2) is 0 Å². The van der Waals surface area contributed by atoms with Crippen LogP contribution in [0.2, 0.25) is 0 Å². The lowest BCUT2D eigenvalue weighted by atomic mass is 10.4. The van der Waals surface area contributed by atoms with Crippen LogP contribution in [-0.4, -0.2) is 68.2 Å². The number of amides is 2. The molecule has 0 aromatic heterocycles. The van der Waals surface area contributed by atoms with Crippen LogP contribution < -0.4 is 5.32 Å². The van der Waals surface area contributed by atoms with E-state index < -0.39 is 5.97 Å². The van der Waals surface area contributed by atoms with Gasteiger partial charge in [0.15, 0.2) is 0 Å². The maximum Gasteiger partial charge on any atom is 0.325 e. The fourth-order valence-electron chi connectivity index (χ4n) is 1.72. The first-order chi connectivity index (χ1) is 8.13. The van der Waals surface area contributed by atoms with Crippen molar-refractivity contribution in [2.75, 3.05) is 46.4 Å². The summed E-state index contributed by atoms with van der Waals surface area (Å²) in [5.41, 5.74) is 0. The normalized spacial score (nSPS) is 17.4. The number of nitrogens with one attached hydrogen (secondary N) is 1. The summed E-state index contributed by atoms with van der Waals surface area (Å²) in [6, 6.07) is -0.187. The van der Waals surface area contributed by atoms with Gasteiger partial charge in [0.25, 0.3) is 0 Å². The van der Waals surface area contributed by atoms with E-state index in [1.165, 1.54) is 0 Å². The first kappa shape index (κ1) is 13.8. The number of carbonyl (C=O) groups is 2. The Morgan fingerprint density at radius 1 is 1.24 bits per heavy atom. The number of likely N-dealkylation sites (N-methyl/N-ethyl adjacent to an activating group) is 1. The third-order valence-corrected chi connectivity index (χ3v) is 2.70. The first-order valence-electron chi connectivity index (χ1n) is 6.00. The Balaban J connectivity index is 2.29. The van der Waals surface area contributed by atoms with Crippen LogP contribution in [0, 0.1) is 0 Å². The number of esters is 1. The Hall–Kier alpha value is -1.30. The summed E-state index contributed by atoms with van der Waals surface area (Å²) in [6.45, 7) is 5.32. The highest BCUT2D eigenvalue weighted by atomic mass is 16.5. The highest BCUT2D eigenvalue weighted by molar-refractivity contribution is 5.80. The van der Waals surface area contributed by atoms with Crippen LogP contribution in [0.25, 0.3) is 0 Å². The lowest BCUT2D eigenvalue weighted by Crippen LogP contribution is -2.43. The summed E-state index contributed by atoms with van der Waals surface area (Å²) in [5.74, 6) is -0.396. The number of ether oxygens (including phenoxy) is 1. The van der Waals surface area contributed by atoms with Crippen LogP contribution in [0.3, 0.4) is 0 Å². The van der Waals surface area contributed by atoms with Gasteiger partial charge in [-0.2, -0.15) is 0 Å². The Bertz CT molecular complexity index is 271. The summed E-state index contributed by atoms with van der Waals surface area (Å²) in [7, 11) is 2.04. The molecule has 2 amide bonds. The van der Waals surface area contributed by atoms with Crippen molar-refractivity contribution < 1.29 is 14.3 Å². The molecule has 1 rings (SSSR count). The highest BCUT2D eigenvalue weighted by Crippen LogP contribution is 2.00. The molecule has 1 aliphatic rings. The summed E-state index contributed by atoms with van der Waals surface area (Å²) in [4.78, 5) is 26.8. The lowest BCUT2D eigenvalue weighted by molar-refractivity contribution is -0.141. The molecule has 1 heterocycles. The Morgan fingerprint density at radius 2 is 2.00 bits per heavy atom. The number of rotatable bonds is 3. The Morgan fingerprint density at radius 3 is 2.71 bits per heavy atom. The zero-order valence-electron chi connectivity index (χ0n) is 10.6. The fourth-order valence-corrected chi connectivity index (χ4v) is 1.72. The van der Waals surface area contributed by atoms with Crippen molar-refractivity contribution >= 4 is 12.0 Å². The largest absolute Gasteiger partial charge is 0.465 e. The molecule has 1 fully saturated rings. The van der Waals surface area contributed by atoms with Gasteiger partial charge in [-0.05, 0) is 26.9 Å². The monoisotopic (exact) mass is 243 g/mol. The quantitative estimate of drug-likeness (QED) is 0.703. The smallest absolute Gasteiger partial charge is 0.325 e. The number of urea groups is 1. The molecule has 0 spiro atoms. The van der Waals surface area contributed by atoms with E-state index in [0.29, 0.717) is 13.2 Å². The molecule has 0 aromatic rings. The van der Waals surface area contributed by atoms with Gasteiger partial charge in [0.05, 0.1) is 6.61 Å². The van der Waals surface area contributed by atoms with Crippen LogP contribution >= 0.6 is 0 Å². The zero-order chi connectivity index (χ0) is 12.7. The summed E-state index contributed by atoms with van der Waals surface area (Å²) in [6.07, 6.45) is 0.962. The molecule has 1 aliphatic heterocycles. The van der Waals surface area contributed by atoms with Gasteiger partial charge in [0, 0.05) is 19.6 Å². The summed E-state index contributed by atoms with van der Waals surface area (Å²) >= 11 is 0. The third-order valence-electron chi connectivity index (χ3n) is 2.70. The third kappa shape index (κ3) is 5.04. The van der Waals surface area contributed by atoms with Crippen molar-refractivity contribution in [2.24, 2.45) is 0 Å². The Labute approximate surface area is 102 Å². The molecular formula is C11H21N3O3. The van der Waals surface area contributed by atoms with Crippen LogP contribution in [0.1, 0.15) is 13.3 Å². The fraction of sp³-hybridized carbons (Fsp3) is 0.818. The minimum absolute atomic E-state index is 0.0565. The van der Waals surface area contributed by atoms with Gasteiger partial charge in [-0.25, -0.2) is 4.79 Å². The molecule has 17 heavy (non-hydrogen) atoms. The van der Waals surface area contributed by atoms with E-state index in [9.17, 15) is 9.59 Å². The van der Waals surface area contributed by atoms with E-state index in [4.69, 9.17) is 4.74 Å². The van der Waals surface area contributed by atoms with Crippen LogP contribution in [-0.2, 0) is 9.53 Å². The molecule has 0 saturated carbocycles. The van der Waals surface area contributed by atoms with Crippen LogP contribution in [0.4, 0.5) is 4.79 Å². The molecular weight excluding hydrogens is 222 g/mol. The number of hydrogen-bond acceptors (Lipinski definition) is 4. The van der Waals surface area contributed by atoms with Gasteiger partial charge < -0.3 is 19.9 Å². The van der Waals surface area contributed by atoms with Crippen LogP contribution in [0.5, 0.6) is 0 Å². The summed E-state index contributed by atoms with van der Waals surface area (Å²) in [5, 5.41) is 2.57. The minimum Gasteiger partial charge on any atom is -0.465 e. The van der Waals surface area contributed by atoms with Crippen molar-refractivity contribution in [1.29, 1.82) is 0 Å². The molecule has 0 aliphatic carbocycles. The molecule has 0 bridgehead atoms. The minimum atomic E-state index is -0.396. The SMILES string of the molecule is CCOC(=O)CNC(=O)N1CCCN(C)CC1. The molecule has 0 unspecified atom stereocenters. The molecule has 6 nitrogen and oxygen atoms in total. The molecule has 1 saturated heterocycles. The van der Waals surface area contributed by atoms with E-state index in [0.717, 1.165) is 26.1 Å².